The van der Waals surface area contributed by atoms with Gasteiger partial charge < -0.3 is 10.6 Å². The van der Waals surface area contributed by atoms with Gasteiger partial charge in [0.25, 0.3) is 0 Å². The molecule has 2 heterocycles. The Morgan fingerprint density at radius 3 is 2.71 bits per heavy atom. The van der Waals surface area contributed by atoms with E-state index in [0.717, 1.165) is 12.1 Å². The van der Waals surface area contributed by atoms with E-state index in [9.17, 15) is 0 Å². The molecule has 1 aromatic heterocycles. The van der Waals surface area contributed by atoms with Crippen LogP contribution in [0.25, 0.3) is 0 Å². The summed E-state index contributed by atoms with van der Waals surface area (Å²) in [7, 11) is 0. The quantitative estimate of drug-likeness (QED) is 0.827. The molecule has 0 aromatic carbocycles. The van der Waals surface area contributed by atoms with Crippen LogP contribution < -0.4 is 5.73 Å². The molecule has 0 aliphatic carbocycles. The summed E-state index contributed by atoms with van der Waals surface area (Å²) in [6.07, 6.45) is 3.84. The third-order valence-electron chi connectivity index (χ3n) is 2.76. The topological polar surface area (TPSA) is 42.1 Å². The molecule has 78 valence electrons. The molecule has 0 atom stereocenters. The van der Waals surface area contributed by atoms with Crippen LogP contribution in [0, 0.1) is 6.92 Å². The van der Waals surface area contributed by atoms with E-state index in [1.807, 2.05) is 6.92 Å². The first kappa shape index (κ1) is 9.93. The molecule has 1 aromatic rings. The molecule has 0 unspecified atom stereocenters. The van der Waals surface area contributed by atoms with Crippen molar-refractivity contribution >= 4 is 16.5 Å². The van der Waals surface area contributed by atoms with Crippen molar-refractivity contribution in [3.8, 4) is 0 Å². The molecular weight excluding hydrogens is 194 g/mol. The summed E-state index contributed by atoms with van der Waals surface area (Å²) in [6, 6.07) is 0. The fourth-order valence-electron chi connectivity index (χ4n) is 1.95. The maximum absolute atomic E-state index is 5.66. The van der Waals surface area contributed by atoms with Crippen molar-refractivity contribution in [2.24, 2.45) is 0 Å². The Bertz CT molecular complexity index is 302. The van der Waals surface area contributed by atoms with Crippen molar-refractivity contribution < 1.29 is 0 Å². The lowest BCUT2D eigenvalue weighted by Crippen LogP contribution is -2.21. The van der Waals surface area contributed by atoms with E-state index >= 15 is 0 Å². The highest BCUT2D eigenvalue weighted by molar-refractivity contribution is 7.15. The van der Waals surface area contributed by atoms with Crippen molar-refractivity contribution in [2.45, 2.75) is 26.2 Å². The largest absolute Gasteiger partial charge is 0.375 e. The van der Waals surface area contributed by atoms with E-state index < -0.39 is 0 Å². The molecule has 2 N–H and O–H groups in total. The van der Waals surface area contributed by atoms with Crippen LogP contribution in [0.15, 0.2) is 0 Å². The van der Waals surface area contributed by atoms with Crippen molar-refractivity contribution in [2.75, 3.05) is 25.4 Å². The second kappa shape index (κ2) is 4.28. The number of anilines is 1. The van der Waals surface area contributed by atoms with E-state index in [0.29, 0.717) is 5.13 Å². The van der Waals surface area contributed by atoms with E-state index in [-0.39, 0.29) is 0 Å². The third-order valence-corrected chi connectivity index (χ3v) is 3.81. The number of hydrogen-bond donors (Lipinski definition) is 1. The number of thiazole rings is 1. The highest BCUT2D eigenvalue weighted by Gasteiger charge is 2.12. The van der Waals surface area contributed by atoms with Gasteiger partial charge in [-0.3, -0.25) is 0 Å². The Labute approximate surface area is 88.9 Å². The molecule has 0 spiro atoms. The van der Waals surface area contributed by atoms with Crippen LogP contribution in [-0.2, 0) is 6.42 Å². The molecule has 0 bridgehead atoms. The van der Waals surface area contributed by atoms with E-state index in [1.54, 1.807) is 11.3 Å². The predicted molar refractivity (Wildman–Crippen MR) is 60.6 cm³/mol. The van der Waals surface area contributed by atoms with Gasteiger partial charge >= 0.3 is 0 Å². The molecule has 1 saturated heterocycles. The van der Waals surface area contributed by atoms with E-state index in [1.165, 1.54) is 37.4 Å². The molecule has 1 aliphatic heterocycles. The summed E-state index contributed by atoms with van der Waals surface area (Å²) >= 11 is 1.64. The molecule has 1 aliphatic rings. The molecule has 0 amide bonds. The SMILES string of the molecule is Cc1nc(N)sc1CCN1CCCC1. The highest BCUT2D eigenvalue weighted by atomic mass is 32.1. The summed E-state index contributed by atoms with van der Waals surface area (Å²) in [4.78, 5) is 8.11. The summed E-state index contributed by atoms with van der Waals surface area (Å²) in [6.45, 7) is 5.76. The highest BCUT2D eigenvalue weighted by Crippen LogP contribution is 2.20. The number of aryl methyl sites for hydroxylation is 1. The first-order valence-electron chi connectivity index (χ1n) is 5.20. The summed E-state index contributed by atoms with van der Waals surface area (Å²) < 4.78 is 0. The Balaban J connectivity index is 1.87. The van der Waals surface area contributed by atoms with Crippen molar-refractivity contribution in [3.63, 3.8) is 0 Å². The minimum atomic E-state index is 0.707. The van der Waals surface area contributed by atoms with Crippen LogP contribution in [0.1, 0.15) is 23.4 Å². The van der Waals surface area contributed by atoms with Gasteiger partial charge in [0.1, 0.15) is 0 Å². The number of nitrogens with two attached hydrogens (primary N) is 1. The van der Waals surface area contributed by atoms with Crippen molar-refractivity contribution in [1.29, 1.82) is 0 Å². The van der Waals surface area contributed by atoms with Gasteiger partial charge in [-0.15, -0.1) is 11.3 Å². The zero-order chi connectivity index (χ0) is 9.97. The molecule has 0 radical (unpaired) electrons. The zero-order valence-electron chi connectivity index (χ0n) is 8.62. The van der Waals surface area contributed by atoms with Crippen LogP contribution in [0.5, 0.6) is 0 Å². The van der Waals surface area contributed by atoms with Crippen LogP contribution in [0.2, 0.25) is 0 Å². The molecule has 4 heteroatoms. The number of rotatable bonds is 3. The lowest BCUT2D eigenvalue weighted by atomic mass is 10.3. The van der Waals surface area contributed by atoms with Crippen molar-refractivity contribution in [3.05, 3.63) is 10.6 Å². The summed E-state index contributed by atoms with van der Waals surface area (Å²) in [5.74, 6) is 0. The smallest absolute Gasteiger partial charge is 0.180 e. The van der Waals surface area contributed by atoms with Gasteiger partial charge in [-0.1, -0.05) is 0 Å². The summed E-state index contributed by atoms with van der Waals surface area (Å²) in [5.41, 5.74) is 6.77. The standard InChI is InChI=1S/C10H17N3S/c1-8-9(14-10(11)12-8)4-7-13-5-2-3-6-13/h2-7H2,1H3,(H2,11,12). The predicted octanol–water partition coefficient (Wildman–Crippen LogP) is 1.67. The maximum Gasteiger partial charge on any atom is 0.180 e. The average Bonchev–Trinajstić information content (AvgIpc) is 2.72. The van der Waals surface area contributed by atoms with Gasteiger partial charge in [0.15, 0.2) is 5.13 Å². The molecule has 3 nitrogen and oxygen atoms in total. The Kier molecular flexibility index (Phi) is 3.03. The van der Waals surface area contributed by atoms with Crippen LogP contribution >= 0.6 is 11.3 Å². The first-order valence-corrected chi connectivity index (χ1v) is 6.01. The number of aromatic nitrogens is 1. The van der Waals surface area contributed by atoms with Crippen molar-refractivity contribution in [1.82, 2.24) is 9.88 Å². The normalized spacial score (nSPS) is 17.8. The van der Waals surface area contributed by atoms with Gasteiger partial charge in [0, 0.05) is 11.4 Å². The molecule has 2 rings (SSSR count). The molecule has 0 saturated carbocycles. The lowest BCUT2D eigenvalue weighted by Gasteiger charge is -2.13. The monoisotopic (exact) mass is 211 g/mol. The molecule has 14 heavy (non-hydrogen) atoms. The summed E-state index contributed by atoms with van der Waals surface area (Å²) in [5, 5.41) is 0.707. The fourth-order valence-corrected chi connectivity index (χ4v) is 2.77. The van der Waals surface area contributed by atoms with E-state index in [4.69, 9.17) is 5.73 Å². The number of hydrogen-bond acceptors (Lipinski definition) is 4. The average molecular weight is 211 g/mol. The number of nitrogens with zero attached hydrogens (tertiary/aromatic N) is 2. The Morgan fingerprint density at radius 1 is 1.43 bits per heavy atom. The van der Waals surface area contributed by atoms with E-state index in [2.05, 4.69) is 9.88 Å². The van der Waals surface area contributed by atoms with Gasteiger partial charge in [-0.25, -0.2) is 4.98 Å². The van der Waals surface area contributed by atoms with Crippen LogP contribution in [0.4, 0.5) is 5.13 Å². The van der Waals surface area contributed by atoms with Gasteiger partial charge in [0.2, 0.25) is 0 Å². The van der Waals surface area contributed by atoms with Gasteiger partial charge in [-0.05, 0) is 39.3 Å². The maximum atomic E-state index is 5.66. The second-order valence-corrected chi connectivity index (χ2v) is 4.97. The Hall–Kier alpha value is -0.610. The molecule has 1 fully saturated rings. The third kappa shape index (κ3) is 2.25. The molecular formula is C10H17N3S. The first-order chi connectivity index (χ1) is 6.75. The van der Waals surface area contributed by atoms with Gasteiger partial charge in [0.05, 0.1) is 5.69 Å². The second-order valence-electron chi connectivity index (χ2n) is 3.86. The number of likely N-dealkylation sites (tertiary alicyclic amines) is 1. The van der Waals surface area contributed by atoms with Crippen LogP contribution in [0.3, 0.4) is 0 Å². The van der Waals surface area contributed by atoms with Crippen LogP contribution in [-0.4, -0.2) is 29.5 Å². The minimum Gasteiger partial charge on any atom is -0.375 e. The minimum absolute atomic E-state index is 0.707. The lowest BCUT2D eigenvalue weighted by molar-refractivity contribution is 0.344. The van der Waals surface area contributed by atoms with Gasteiger partial charge in [-0.2, -0.15) is 0 Å². The Morgan fingerprint density at radius 2 is 2.14 bits per heavy atom. The fraction of sp³-hybridized carbons (Fsp3) is 0.700. The zero-order valence-corrected chi connectivity index (χ0v) is 9.44. The number of nitrogen functional groups attached to an aromatic ring is 1.